The van der Waals surface area contributed by atoms with Gasteiger partial charge in [-0.3, -0.25) is 4.79 Å². The van der Waals surface area contributed by atoms with Crippen LogP contribution in [0, 0.1) is 5.92 Å². The van der Waals surface area contributed by atoms with E-state index in [0.717, 1.165) is 6.42 Å². The molecule has 0 radical (unpaired) electrons. The normalized spacial score (nSPS) is 11.7. The van der Waals surface area contributed by atoms with Crippen molar-refractivity contribution >= 4 is 11.9 Å². The van der Waals surface area contributed by atoms with Gasteiger partial charge < -0.3 is 14.2 Å². The van der Waals surface area contributed by atoms with E-state index in [1.54, 1.807) is 6.92 Å². The summed E-state index contributed by atoms with van der Waals surface area (Å²) in [6, 6.07) is 0. The number of rotatable bonds is 9. The number of hydrogen-bond acceptors (Lipinski definition) is 5. The third-order valence-electron chi connectivity index (χ3n) is 2.30. The van der Waals surface area contributed by atoms with Gasteiger partial charge in [-0.25, -0.2) is 4.79 Å². The van der Waals surface area contributed by atoms with Crippen LogP contribution in [0.3, 0.4) is 0 Å². The van der Waals surface area contributed by atoms with Crippen molar-refractivity contribution in [3.05, 3.63) is 12.2 Å². The van der Waals surface area contributed by atoms with Crippen molar-refractivity contribution in [3.63, 3.8) is 0 Å². The lowest BCUT2D eigenvalue weighted by Crippen LogP contribution is -2.18. The second kappa shape index (κ2) is 9.65. The lowest BCUT2D eigenvalue weighted by molar-refractivity contribution is -0.149. The van der Waals surface area contributed by atoms with Crippen LogP contribution in [-0.2, 0) is 23.8 Å². The highest BCUT2D eigenvalue weighted by Crippen LogP contribution is 2.02. The number of carbonyl (C=O) groups is 2. The molecule has 5 heteroatoms. The van der Waals surface area contributed by atoms with Crippen LogP contribution in [0.2, 0.25) is 0 Å². The predicted octanol–water partition coefficient (Wildman–Crippen LogP) is 1.71. The van der Waals surface area contributed by atoms with Crippen LogP contribution in [0.25, 0.3) is 0 Å². The van der Waals surface area contributed by atoms with Crippen LogP contribution in [0.5, 0.6) is 0 Å². The molecule has 104 valence electrons. The Balaban J connectivity index is 3.39. The van der Waals surface area contributed by atoms with Crippen molar-refractivity contribution in [2.45, 2.75) is 27.2 Å². The van der Waals surface area contributed by atoms with Gasteiger partial charge in [-0.1, -0.05) is 20.4 Å². The van der Waals surface area contributed by atoms with Gasteiger partial charge in [-0.2, -0.15) is 0 Å². The molecule has 1 unspecified atom stereocenters. The molecule has 0 aromatic rings. The number of carbonyl (C=O) groups excluding carboxylic acids is 2. The third-order valence-corrected chi connectivity index (χ3v) is 2.30. The maximum absolute atomic E-state index is 11.3. The lowest BCUT2D eigenvalue weighted by atomic mass is 10.1. The fraction of sp³-hybridized carbons (Fsp3) is 0.692. The molecule has 1 atom stereocenters. The first-order valence-electron chi connectivity index (χ1n) is 6.06. The van der Waals surface area contributed by atoms with Crippen molar-refractivity contribution < 1.29 is 23.8 Å². The molecule has 18 heavy (non-hydrogen) atoms. The largest absolute Gasteiger partial charge is 0.463 e. The van der Waals surface area contributed by atoms with Gasteiger partial charge in [0, 0.05) is 5.57 Å². The van der Waals surface area contributed by atoms with Crippen molar-refractivity contribution in [1.29, 1.82) is 0 Å². The Morgan fingerprint density at radius 1 is 1.11 bits per heavy atom. The molecule has 0 N–H and O–H groups in total. The molecule has 0 amide bonds. The van der Waals surface area contributed by atoms with E-state index in [-0.39, 0.29) is 31.7 Å². The summed E-state index contributed by atoms with van der Waals surface area (Å²) in [7, 11) is 0. The smallest absolute Gasteiger partial charge is 0.333 e. The van der Waals surface area contributed by atoms with Gasteiger partial charge in [0.25, 0.3) is 0 Å². The van der Waals surface area contributed by atoms with Gasteiger partial charge in [0.05, 0.1) is 19.1 Å². The van der Waals surface area contributed by atoms with E-state index in [1.165, 1.54) is 0 Å². The van der Waals surface area contributed by atoms with Crippen LogP contribution in [0.15, 0.2) is 12.2 Å². The van der Waals surface area contributed by atoms with Gasteiger partial charge >= 0.3 is 11.9 Å². The Hall–Kier alpha value is -1.36. The minimum absolute atomic E-state index is 0.0819. The molecule has 0 aliphatic carbocycles. The van der Waals surface area contributed by atoms with Crippen LogP contribution in [0.4, 0.5) is 0 Å². The Morgan fingerprint density at radius 3 is 2.17 bits per heavy atom. The Bertz CT molecular complexity index is 285. The summed E-state index contributed by atoms with van der Waals surface area (Å²) in [6.45, 7) is 9.75. The van der Waals surface area contributed by atoms with Crippen molar-refractivity contribution in [2.75, 3.05) is 26.4 Å². The second-order valence-corrected chi connectivity index (χ2v) is 4.01. The molecule has 0 saturated heterocycles. The third kappa shape index (κ3) is 7.84. The fourth-order valence-corrected chi connectivity index (χ4v) is 0.929. The van der Waals surface area contributed by atoms with Gasteiger partial charge in [0.2, 0.25) is 0 Å². The minimum Gasteiger partial charge on any atom is -0.463 e. The van der Waals surface area contributed by atoms with E-state index in [2.05, 4.69) is 6.58 Å². The van der Waals surface area contributed by atoms with E-state index in [0.29, 0.717) is 12.2 Å². The average molecular weight is 258 g/mol. The predicted molar refractivity (Wildman–Crippen MR) is 67.0 cm³/mol. The highest BCUT2D eigenvalue weighted by Gasteiger charge is 2.11. The Morgan fingerprint density at radius 2 is 1.67 bits per heavy atom. The first kappa shape index (κ1) is 16.6. The van der Waals surface area contributed by atoms with Crippen LogP contribution >= 0.6 is 0 Å². The molecular weight excluding hydrogens is 236 g/mol. The molecule has 0 saturated carbocycles. The van der Waals surface area contributed by atoms with Crippen LogP contribution in [0.1, 0.15) is 27.2 Å². The molecule has 0 heterocycles. The first-order chi connectivity index (χ1) is 8.49. The van der Waals surface area contributed by atoms with Crippen LogP contribution in [-0.4, -0.2) is 38.4 Å². The zero-order valence-corrected chi connectivity index (χ0v) is 11.4. The quantitative estimate of drug-likeness (QED) is 0.358. The molecule has 0 bridgehead atoms. The van der Waals surface area contributed by atoms with Gasteiger partial charge in [0.15, 0.2) is 0 Å². The number of esters is 2. The van der Waals surface area contributed by atoms with Crippen LogP contribution < -0.4 is 0 Å². The maximum atomic E-state index is 11.3. The fourth-order valence-electron chi connectivity index (χ4n) is 0.929. The highest BCUT2D eigenvalue weighted by atomic mass is 16.6. The summed E-state index contributed by atoms with van der Waals surface area (Å²) in [5.74, 6) is -0.724. The summed E-state index contributed by atoms with van der Waals surface area (Å²) in [6.07, 6.45) is 0.760. The van der Waals surface area contributed by atoms with Gasteiger partial charge in [-0.05, 0) is 13.3 Å². The molecule has 0 spiro atoms. The van der Waals surface area contributed by atoms with Gasteiger partial charge in [-0.15, -0.1) is 0 Å². The molecule has 0 aromatic carbocycles. The average Bonchev–Trinajstić information content (AvgIpc) is 2.35. The maximum Gasteiger partial charge on any atom is 0.333 e. The molecule has 0 aromatic heterocycles. The van der Waals surface area contributed by atoms with E-state index >= 15 is 0 Å². The first-order valence-corrected chi connectivity index (χ1v) is 6.06. The standard InChI is InChI=1S/C13H22O5/c1-5-11(4)13(15)18-9-7-16-6-8-17-12(14)10(2)3/h11H,2,5-9H2,1,3-4H3. The molecule has 0 aliphatic heterocycles. The lowest BCUT2D eigenvalue weighted by Gasteiger charge is -2.09. The SMILES string of the molecule is C=C(C)C(=O)OCCOCCOC(=O)C(C)CC. The number of ether oxygens (including phenoxy) is 3. The van der Waals surface area contributed by atoms with Crippen molar-refractivity contribution in [1.82, 2.24) is 0 Å². The molecule has 0 fully saturated rings. The molecule has 5 nitrogen and oxygen atoms in total. The summed E-state index contributed by atoms with van der Waals surface area (Å²) >= 11 is 0. The molecular formula is C13H22O5. The monoisotopic (exact) mass is 258 g/mol. The summed E-state index contributed by atoms with van der Waals surface area (Å²) in [5.41, 5.74) is 0.359. The second-order valence-electron chi connectivity index (χ2n) is 4.01. The molecule has 0 aliphatic rings. The minimum atomic E-state index is -0.429. The van der Waals surface area contributed by atoms with E-state index in [4.69, 9.17) is 14.2 Å². The Kier molecular flexibility index (Phi) is 8.92. The topological polar surface area (TPSA) is 61.8 Å². The summed E-state index contributed by atoms with van der Waals surface area (Å²) in [5, 5.41) is 0. The zero-order chi connectivity index (χ0) is 14.0. The summed E-state index contributed by atoms with van der Waals surface area (Å²) < 4.78 is 14.9. The Labute approximate surface area is 108 Å². The highest BCUT2D eigenvalue weighted by molar-refractivity contribution is 5.86. The van der Waals surface area contributed by atoms with E-state index < -0.39 is 5.97 Å². The number of hydrogen-bond donors (Lipinski definition) is 0. The zero-order valence-electron chi connectivity index (χ0n) is 11.4. The van der Waals surface area contributed by atoms with Crippen molar-refractivity contribution in [2.24, 2.45) is 5.92 Å². The summed E-state index contributed by atoms with van der Waals surface area (Å²) in [4.78, 5) is 22.3. The van der Waals surface area contributed by atoms with E-state index in [9.17, 15) is 9.59 Å². The van der Waals surface area contributed by atoms with Crippen molar-refractivity contribution in [3.8, 4) is 0 Å². The molecule has 0 rings (SSSR count). The van der Waals surface area contributed by atoms with E-state index in [1.807, 2.05) is 13.8 Å². The van der Waals surface area contributed by atoms with Gasteiger partial charge in [0.1, 0.15) is 13.2 Å².